The molecule has 24 heavy (non-hydrogen) atoms. The Hall–Kier alpha value is -2.74. The highest BCUT2D eigenvalue weighted by molar-refractivity contribution is 7.92. The number of methoxy groups -OCH3 is 2. The first-order chi connectivity index (χ1) is 11.3. The summed E-state index contributed by atoms with van der Waals surface area (Å²) >= 11 is 0. The molecule has 0 radical (unpaired) electrons. The summed E-state index contributed by atoms with van der Waals surface area (Å²) in [5.41, 5.74) is 1.32. The van der Waals surface area contributed by atoms with Crippen LogP contribution < -0.4 is 19.5 Å². The monoisotopic (exact) mass is 350 g/mol. The second-order valence-corrected chi connectivity index (χ2v) is 6.76. The van der Waals surface area contributed by atoms with E-state index in [-0.39, 0.29) is 5.91 Å². The minimum absolute atomic E-state index is 0.337. The number of nitrogens with one attached hydrogen (secondary N) is 2. The molecule has 0 saturated carbocycles. The lowest BCUT2D eigenvalue weighted by Gasteiger charge is -2.10. The van der Waals surface area contributed by atoms with Crippen LogP contribution >= 0.6 is 0 Å². The molecular weight excluding hydrogens is 332 g/mol. The van der Waals surface area contributed by atoms with Gasteiger partial charge in [-0.05, 0) is 36.4 Å². The molecule has 1 amide bonds. The smallest absolute Gasteiger partial charge is 0.255 e. The normalized spacial score (nSPS) is 10.8. The largest absolute Gasteiger partial charge is 0.497 e. The van der Waals surface area contributed by atoms with Crippen LogP contribution in [0.2, 0.25) is 0 Å². The minimum Gasteiger partial charge on any atom is -0.497 e. The van der Waals surface area contributed by atoms with Gasteiger partial charge in [0.25, 0.3) is 5.91 Å². The van der Waals surface area contributed by atoms with Gasteiger partial charge in [-0.3, -0.25) is 9.52 Å². The summed E-state index contributed by atoms with van der Waals surface area (Å²) in [7, 11) is -0.329. The summed E-state index contributed by atoms with van der Waals surface area (Å²) < 4.78 is 34.9. The Kier molecular flexibility index (Phi) is 5.30. The number of anilines is 2. The maximum Gasteiger partial charge on any atom is 0.255 e. The third kappa shape index (κ3) is 4.88. The van der Waals surface area contributed by atoms with Crippen molar-refractivity contribution in [1.82, 2.24) is 0 Å². The number of sulfonamides is 1. The fourth-order valence-corrected chi connectivity index (χ4v) is 2.54. The first kappa shape index (κ1) is 17.6. The number of hydrogen-bond acceptors (Lipinski definition) is 5. The summed E-state index contributed by atoms with van der Waals surface area (Å²) in [5.74, 6) is 0.676. The van der Waals surface area contributed by atoms with Gasteiger partial charge in [0.05, 0.1) is 20.5 Å². The standard InChI is InChI=1S/C16H18N2O5S/c1-22-14-8-11(9-15(10-14)23-2)16(19)17-12-4-6-13(7-5-12)18-24(3,20)21/h4-10,18H,1-3H3,(H,17,19). The van der Waals surface area contributed by atoms with Gasteiger partial charge in [0.1, 0.15) is 11.5 Å². The molecule has 2 N–H and O–H groups in total. The number of ether oxygens (including phenoxy) is 2. The lowest BCUT2D eigenvalue weighted by molar-refractivity contribution is 0.102. The van der Waals surface area contributed by atoms with Gasteiger partial charge in [-0.15, -0.1) is 0 Å². The maximum atomic E-state index is 12.3. The van der Waals surface area contributed by atoms with Crippen molar-refractivity contribution in [3.05, 3.63) is 48.0 Å². The highest BCUT2D eigenvalue weighted by Crippen LogP contribution is 2.23. The van der Waals surface area contributed by atoms with Gasteiger partial charge in [-0.1, -0.05) is 0 Å². The fraction of sp³-hybridized carbons (Fsp3) is 0.188. The van der Waals surface area contributed by atoms with Gasteiger partial charge in [-0.25, -0.2) is 8.42 Å². The van der Waals surface area contributed by atoms with Crippen LogP contribution in [0.25, 0.3) is 0 Å². The van der Waals surface area contributed by atoms with E-state index in [0.717, 1.165) is 6.26 Å². The number of rotatable bonds is 6. The van der Waals surface area contributed by atoms with Gasteiger partial charge in [0.2, 0.25) is 10.0 Å². The topological polar surface area (TPSA) is 93.7 Å². The van der Waals surface area contributed by atoms with E-state index in [1.54, 1.807) is 42.5 Å². The Balaban J connectivity index is 2.15. The number of hydrogen-bond donors (Lipinski definition) is 2. The van der Waals surface area contributed by atoms with Crippen LogP contribution in [-0.4, -0.2) is 34.8 Å². The van der Waals surface area contributed by atoms with Gasteiger partial charge in [-0.2, -0.15) is 0 Å². The van der Waals surface area contributed by atoms with E-state index in [2.05, 4.69) is 10.0 Å². The van der Waals surface area contributed by atoms with Crippen molar-refractivity contribution in [2.75, 3.05) is 30.5 Å². The van der Waals surface area contributed by atoms with E-state index < -0.39 is 10.0 Å². The molecule has 2 aromatic carbocycles. The van der Waals surface area contributed by atoms with E-state index in [1.807, 2.05) is 0 Å². The molecule has 0 spiro atoms. The molecule has 0 aliphatic heterocycles. The summed E-state index contributed by atoms with van der Waals surface area (Å²) in [5, 5.41) is 2.72. The van der Waals surface area contributed by atoms with Crippen LogP contribution in [0.1, 0.15) is 10.4 Å². The zero-order valence-electron chi connectivity index (χ0n) is 13.5. The first-order valence-electron chi connectivity index (χ1n) is 6.93. The molecule has 0 aromatic heterocycles. The average molecular weight is 350 g/mol. The number of carbonyl (C=O) groups is 1. The minimum atomic E-state index is -3.34. The Morgan fingerprint density at radius 2 is 1.42 bits per heavy atom. The van der Waals surface area contributed by atoms with Crippen molar-refractivity contribution in [1.29, 1.82) is 0 Å². The molecule has 8 heteroatoms. The molecule has 7 nitrogen and oxygen atoms in total. The van der Waals surface area contributed by atoms with Crippen LogP contribution in [0.15, 0.2) is 42.5 Å². The zero-order valence-corrected chi connectivity index (χ0v) is 14.3. The second-order valence-electron chi connectivity index (χ2n) is 5.01. The van der Waals surface area contributed by atoms with Gasteiger partial charge in [0.15, 0.2) is 0 Å². The summed E-state index contributed by atoms with van der Waals surface area (Å²) in [6, 6.07) is 11.2. The van der Waals surface area contributed by atoms with E-state index in [4.69, 9.17) is 9.47 Å². The summed E-state index contributed by atoms with van der Waals surface area (Å²) in [6.45, 7) is 0. The fourth-order valence-electron chi connectivity index (χ4n) is 1.98. The quantitative estimate of drug-likeness (QED) is 0.834. The lowest BCUT2D eigenvalue weighted by atomic mass is 10.1. The van der Waals surface area contributed by atoms with Crippen molar-refractivity contribution >= 4 is 27.3 Å². The predicted octanol–water partition coefficient (Wildman–Crippen LogP) is 2.33. The highest BCUT2D eigenvalue weighted by atomic mass is 32.2. The average Bonchev–Trinajstić information content (AvgIpc) is 2.54. The molecule has 128 valence electrons. The molecule has 0 saturated heterocycles. The Bertz CT molecular complexity index is 810. The molecule has 2 rings (SSSR count). The highest BCUT2D eigenvalue weighted by Gasteiger charge is 2.10. The van der Waals surface area contributed by atoms with Crippen molar-refractivity contribution in [2.24, 2.45) is 0 Å². The van der Waals surface area contributed by atoms with Crippen molar-refractivity contribution in [2.45, 2.75) is 0 Å². The Morgan fingerprint density at radius 1 is 0.917 bits per heavy atom. The van der Waals surface area contributed by atoms with Crippen molar-refractivity contribution < 1.29 is 22.7 Å². The maximum absolute atomic E-state index is 12.3. The van der Waals surface area contributed by atoms with Crippen LogP contribution in [-0.2, 0) is 10.0 Å². The number of benzene rings is 2. The molecule has 0 atom stereocenters. The third-order valence-corrected chi connectivity index (χ3v) is 3.67. The summed E-state index contributed by atoms with van der Waals surface area (Å²) in [6.07, 6.45) is 1.07. The van der Waals surface area contributed by atoms with Crippen LogP contribution in [0.3, 0.4) is 0 Å². The van der Waals surface area contributed by atoms with Gasteiger partial charge < -0.3 is 14.8 Å². The van der Waals surface area contributed by atoms with E-state index in [9.17, 15) is 13.2 Å². The third-order valence-electron chi connectivity index (χ3n) is 3.06. The first-order valence-corrected chi connectivity index (χ1v) is 8.82. The number of amides is 1. The van der Waals surface area contributed by atoms with E-state index in [1.165, 1.54) is 14.2 Å². The zero-order chi connectivity index (χ0) is 17.7. The van der Waals surface area contributed by atoms with Crippen molar-refractivity contribution in [3.63, 3.8) is 0 Å². The molecule has 0 unspecified atom stereocenters. The lowest BCUT2D eigenvalue weighted by Crippen LogP contribution is -2.13. The Labute approximate surface area is 140 Å². The van der Waals surface area contributed by atoms with Crippen LogP contribution in [0.5, 0.6) is 11.5 Å². The number of carbonyl (C=O) groups excluding carboxylic acids is 1. The van der Waals surface area contributed by atoms with Crippen molar-refractivity contribution in [3.8, 4) is 11.5 Å². The van der Waals surface area contributed by atoms with E-state index >= 15 is 0 Å². The molecule has 2 aromatic rings. The SMILES string of the molecule is COc1cc(OC)cc(C(=O)Nc2ccc(NS(C)(=O)=O)cc2)c1. The molecule has 0 aliphatic rings. The van der Waals surface area contributed by atoms with Gasteiger partial charge in [0, 0.05) is 23.0 Å². The molecule has 0 aliphatic carbocycles. The van der Waals surface area contributed by atoms with Crippen LogP contribution in [0.4, 0.5) is 11.4 Å². The second kappa shape index (κ2) is 7.22. The van der Waals surface area contributed by atoms with Crippen LogP contribution in [0, 0.1) is 0 Å². The molecular formula is C16H18N2O5S. The molecule has 0 fully saturated rings. The van der Waals surface area contributed by atoms with E-state index in [0.29, 0.717) is 28.4 Å². The van der Waals surface area contributed by atoms with Gasteiger partial charge >= 0.3 is 0 Å². The predicted molar refractivity (Wildman–Crippen MR) is 92.4 cm³/mol. The molecule has 0 bridgehead atoms. The molecule has 0 heterocycles. The Morgan fingerprint density at radius 3 is 1.88 bits per heavy atom. The summed E-state index contributed by atoms with van der Waals surface area (Å²) in [4.78, 5) is 12.3.